The molecule has 0 amide bonds. The lowest BCUT2D eigenvalue weighted by atomic mass is 10.0. The van der Waals surface area contributed by atoms with Crippen molar-refractivity contribution < 1.29 is 5.11 Å². The molecule has 0 unspecified atom stereocenters. The van der Waals surface area contributed by atoms with Gasteiger partial charge in [0.2, 0.25) is 0 Å². The van der Waals surface area contributed by atoms with E-state index in [9.17, 15) is 5.11 Å². The molecule has 0 saturated heterocycles. The van der Waals surface area contributed by atoms with Crippen LogP contribution in [0.5, 0.6) is 5.75 Å². The summed E-state index contributed by atoms with van der Waals surface area (Å²) in [6.07, 6.45) is 0. The smallest absolute Gasteiger partial charge is 0.115 e. The lowest BCUT2D eigenvalue weighted by Gasteiger charge is -2.09. The maximum absolute atomic E-state index is 9.20. The molecular weight excluding hydrogens is 222 g/mol. The average Bonchev–Trinajstić information content (AvgIpc) is 2.38. The van der Waals surface area contributed by atoms with E-state index >= 15 is 0 Å². The van der Waals surface area contributed by atoms with Crippen LogP contribution >= 0.6 is 0 Å². The highest BCUT2D eigenvalue weighted by Crippen LogP contribution is 2.18. The zero-order valence-corrected chi connectivity index (χ0v) is 10.9. The summed E-state index contributed by atoms with van der Waals surface area (Å²) in [6, 6.07) is 15.8. The molecule has 0 atom stereocenters. The minimum atomic E-state index is 0.306. The van der Waals surface area contributed by atoms with E-state index in [0.717, 1.165) is 17.8 Å². The molecule has 2 rings (SSSR count). The van der Waals surface area contributed by atoms with Gasteiger partial charge < -0.3 is 10.4 Å². The Hall–Kier alpha value is -1.96. The van der Waals surface area contributed by atoms with E-state index < -0.39 is 0 Å². The Morgan fingerprint density at radius 2 is 1.56 bits per heavy atom. The fraction of sp³-hybridized carbons (Fsp3) is 0.250. The zero-order chi connectivity index (χ0) is 13.0. The van der Waals surface area contributed by atoms with Crippen LogP contribution in [-0.4, -0.2) is 5.11 Å². The minimum absolute atomic E-state index is 0.306. The summed E-state index contributed by atoms with van der Waals surface area (Å²) >= 11 is 0. The molecule has 0 aliphatic heterocycles. The number of aromatic hydroxyl groups is 1. The van der Waals surface area contributed by atoms with E-state index in [1.807, 2.05) is 12.1 Å². The van der Waals surface area contributed by atoms with Crippen molar-refractivity contribution in [2.75, 3.05) is 5.32 Å². The first kappa shape index (κ1) is 12.5. The first-order chi connectivity index (χ1) is 8.65. The molecule has 94 valence electrons. The van der Waals surface area contributed by atoms with Crippen molar-refractivity contribution in [2.45, 2.75) is 26.3 Å². The lowest BCUT2D eigenvalue weighted by molar-refractivity contribution is 0.475. The molecule has 0 spiro atoms. The van der Waals surface area contributed by atoms with Crippen molar-refractivity contribution in [1.29, 1.82) is 0 Å². The van der Waals surface area contributed by atoms with E-state index in [1.54, 1.807) is 12.1 Å². The van der Waals surface area contributed by atoms with Gasteiger partial charge in [-0.3, -0.25) is 0 Å². The van der Waals surface area contributed by atoms with Crippen LogP contribution in [0.15, 0.2) is 48.5 Å². The van der Waals surface area contributed by atoms with Crippen LogP contribution < -0.4 is 5.32 Å². The second kappa shape index (κ2) is 5.58. The largest absolute Gasteiger partial charge is 0.508 e. The van der Waals surface area contributed by atoms with Gasteiger partial charge in [-0.05, 0) is 41.3 Å². The fourth-order valence-corrected chi connectivity index (χ4v) is 1.80. The fourth-order valence-electron chi connectivity index (χ4n) is 1.80. The van der Waals surface area contributed by atoms with Gasteiger partial charge in [0.1, 0.15) is 5.75 Å². The van der Waals surface area contributed by atoms with Crippen molar-refractivity contribution in [3.8, 4) is 5.75 Å². The van der Waals surface area contributed by atoms with E-state index in [4.69, 9.17) is 0 Å². The number of anilines is 1. The Bertz CT molecular complexity index is 486. The zero-order valence-electron chi connectivity index (χ0n) is 10.9. The number of phenols is 1. The highest BCUT2D eigenvalue weighted by Gasteiger charge is 1.99. The molecule has 18 heavy (non-hydrogen) atoms. The molecule has 2 N–H and O–H groups in total. The molecule has 0 saturated carbocycles. The standard InChI is InChI=1S/C16H19NO/c1-12(2)14-5-7-15(8-6-14)17-11-13-3-9-16(18)10-4-13/h3-10,12,17-18H,11H2,1-2H3. The van der Waals surface area contributed by atoms with Gasteiger partial charge in [0.25, 0.3) is 0 Å². The first-order valence-corrected chi connectivity index (χ1v) is 6.27. The molecule has 0 heterocycles. The predicted molar refractivity (Wildman–Crippen MR) is 76.0 cm³/mol. The highest BCUT2D eigenvalue weighted by atomic mass is 16.3. The average molecular weight is 241 g/mol. The monoisotopic (exact) mass is 241 g/mol. The minimum Gasteiger partial charge on any atom is -0.508 e. The number of hydrogen-bond acceptors (Lipinski definition) is 2. The molecule has 2 aromatic rings. The van der Waals surface area contributed by atoms with Crippen LogP contribution in [0.1, 0.15) is 30.9 Å². The third kappa shape index (κ3) is 3.27. The van der Waals surface area contributed by atoms with Crippen molar-refractivity contribution in [3.05, 3.63) is 59.7 Å². The molecule has 0 fully saturated rings. The van der Waals surface area contributed by atoms with Gasteiger partial charge in [0, 0.05) is 12.2 Å². The molecule has 2 aromatic carbocycles. The first-order valence-electron chi connectivity index (χ1n) is 6.27. The maximum Gasteiger partial charge on any atom is 0.115 e. The van der Waals surface area contributed by atoms with Crippen LogP contribution in [-0.2, 0) is 6.54 Å². The molecular formula is C16H19NO. The van der Waals surface area contributed by atoms with E-state index in [-0.39, 0.29) is 0 Å². The summed E-state index contributed by atoms with van der Waals surface area (Å²) in [6.45, 7) is 5.15. The predicted octanol–water partition coefficient (Wildman–Crippen LogP) is 4.13. The quantitative estimate of drug-likeness (QED) is 0.843. The number of rotatable bonds is 4. The molecule has 0 radical (unpaired) electrons. The number of benzene rings is 2. The van der Waals surface area contributed by atoms with Crippen LogP contribution in [0, 0.1) is 0 Å². The summed E-state index contributed by atoms with van der Waals surface area (Å²) in [7, 11) is 0. The van der Waals surface area contributed by atoms with Crippen LogP contribution in [0.3, 0.4) is 0 Å². The summed E-state index contributed by atoms with van der Waals surface area (Å²) in [4.78, 5) is 0. The Morgan fingerprint density at radius 3 is 2.11 bits per heavy atom. The van der Waals surface area contributed by atoms with Crippen molar-refractivity contribution in [1.82, 2.24) is 0 Å². The highest BCUT2D eigenvalue weighted by molar-refractivity contribution is 5.45. The van der Waals surface area contributed by atoms with Gasteiger partial charge in [-0.25, -0.2) is 0 Å². The van der Waals surface area contributed by atoms with Gasteiger partial charge in [-0.1, -0.05) is 38.1 Å². The van der Waals surface area contributed by atoms with Gasteiger partial charge >= 0.3 is 0 Å². The van der Waals surface area contributed by atoms with E-state index in [0.29, 0.717) is 11.7 Å². The third-order valence-electron chi connectivity index (χ3n) is 3.01. The summed E-state index contributed by atoms with van der Waals surface area (Å²) in [5.41, 5.74) is 3.62. The Balaban J connectivity index is 1.95. The molecule has 0 aliphatic rings. The Labute approximate surface area is 108 Å². The lowest BCUT2D eigenvalue weighted by Crippen LogP contribution is -1.99. The summed E-state index contributed by atoms with van der Waals surface area (Å²) in [5, 5.41) is 12.6. The Kier molecular flexibility index (Phi) is 3.88. The van der Waals surface area contributed by atoms with Gasteiger partial charge in [-0.15, -0.1) is 0 Å². The topological polar surface area (TPSA) is 32.3 Å². The maximum atomic E-state index is 9.20. The van der Waals surface area contributed by atoms with Crippen molar-refractivity contribution in [2.24, 2.45) is 0 Å². The van der Waals surface area contributed by atoms with Crippen LogP contribution in [0.2, 0.25) is 0 Å². The van der Waals surface area contributed by atoms with Gasteiger partial charge in [0.05, 0.1) is 0 Å². The van der Waals surface area contributed by atoms with Crippen LogP contribution in [0.4, 0.5) is 5.69 Å². The third-order valence-corrected chi connectivity index (χ3v) is 3.01. The number of hydrogen-bond donors (Lipinski definition) is 2. The molecule has 0 bridgehead atoms. The second-order valence-corrected chi connectivity index (χ2v) is 4.80. The number of phenolic OH excluding ortho intramolecular Hbond substituents is 1. The normalized spacial score (nSPS) is 10.6. The SMILES string of the molecule is CC(C)c1ccc(NCc2ccc(O)cc2)cc1. The molecule has 2 heteroatoms. The molecule has 0 aliphatic carbocycles. The van der Waals surface area contributed by atoms with E-state index in [2.05, 4.69) is 43.4 Å². The van der Waals surface area contributed by atoms with E-state index in [1.165, 1.54) is 5.56 Å². The van der Waals surface area contributed by atoms with Crippen molar-refractivity contribution in [3.63, 3.8) is 0 Å². The second-order valence-electron chi connectivity index (χ2n) is 4.80. The summed E-state index contributed by atoms with van der Waals surface area (Å²) in [5.74, 6) is 0.871. The molecule has 2 nitrogen and oxygen atoms in total. The van der Waals surface area contributed by atoms with Crippen molar-refractivity contribution >= 4 is 5.69 Å². The summed E-state index contributed by atoms with van der Waals surface area (Å²) < 4.78 is 0. The van der Waals surface area contributed by atoms with Gasteiger partial charge in [0.15, 0.2) is 0 Å². The van der Waals surface area contributed by atoms with Crippen LogP contribution in [0.25, 0.3) is 0 Å². The Morgan fingerprint density at radius 1 is 0.944 bits per heavy atom. The van der Waals surface area contributed by atoms with Gasteiger partial charge in [-0.2, -0.15) is 0 Å². The number of nitrogens with one attached hydrogen (secondary N) is 1. The molecule has 0 aromatic heterocycles.